The highest BCUT2D eigenvalue weighted by atomic mass is 15.2. The number of hydrogen-bond acceptors (Lipinski definition) is 6. The minimum absolute atomic E-state index is 0.359. The summed E-state index contributed by atoms with van der Waals surface area (Å²) in [5.74, 6) is 2.03. The van der Waals surface area contributed by atoms with E-state index < -0.39 is 0 Å². The van der Waals surface area contributed by atoms with Crippen LogP contribution in [0.2, 0.25) is 0 Å². The van der Waals surface area contributed by atoms with Gasteiger partial charge < -0.3 is 16.0 Å². The molecule has 2 aromatic heterocycles. The highest BCUT2D eigenvalue weighted by molar-refractivity contribution is 5.90. The van der Waals surface area contributed by atoms with Crippen molar-refractivity contribution in [3.8, 4) is 0 Å². The van der Waals surface area contributed by atoms with Crippen LogP contribution >= 0.6 is 0 Å². The molecule has 21 heavy (non-hydrogen) atoms. The van der Waals surface area contributed by atoms with Crippen molar-refractivity contribution in [3.05, 3.63) is 17.3 Å². The molecule has 1 saturated heterocycles. The van der Waals surface area contributed by atoms with Gasteiger partial charge in [0.05, 0.1) is 5.39 Å². The Balaban J connectivity index is 2.04. The molecule has 2 aromatic rings. The number of fused-ring (bicyclic) bond motifs is 1. The van der Waals surface area contributed by atoms with Crippen LogP contribution in [0.1, 0.15) is 18.2 Å². The average molecular weight is 286 g/mol. The van der Waals surface area contributed by atoms with Gasteiger partial charge in [0, 0.05) is 25.3 Å². The maximum absolute atomic E-state index is 4.61. The Morgan fingerprint density at radius 2 is 2.00 bits per heavy atom. The fourth-order valence-electron chi connectivity index (χ4n) is 2.89. The van der Waals surface area contributed by atoms with Crippen LogP contribution in [0.15, 0.2) is 6.07 Å². The summed E-state index contributed by atoms with van der Waals surface area (Å²) in [5, 5.41) is 11.0. The fraction of sp³-hybridized carbons (Fsp3) is 0.533. The minimum atomic E-state index is 0.359. The first-order valence-corrected chi connectivity index (χ1v) is 7.39. The molecule has 0 saturated carbocycles. The molecule has 2 atom stereocenters. The van der Waals surface area contributed by atoms with Gasteiger partial charge in [-0.2, -0.15) is 9.97 Å². The molecular formula is C15H22N6. The molecule has 3 heterocycles. The molecule has 0 amide bonds. The van der Waals surface area contributed by atoms with Crippen molar-refractivity contribution >= 4 is 22.8 Å². The van der Waals surface area contributed by atoms with E-state index in [-0.39, 0.29) is 0 Å². The summed E-state index contributed by atoms with van der Waals surface area (Å²) in [7, 11) is 1.88. The summed E-state index contributed by atoms with van der Waals surface area (Å²) < 4.78 is 0. The van der Waals surface area contributed by atoms with Crippen LogP contribution in [-0.2, 0) is 0 Å². The summed E-state index contributed by atoms with van der Waals surface area (Å²) >= 11 is 0. The van der Waals surface area contributed by atoms with Gasteiger partial charge in [-0.1, -0.05) is 6.92 Å². The molecule has 3 rings (SSSR count). The van der Waals surface area contributed by atoms with Crippen molar-refractivity contribution in [3.63, 3.8) is 0 Å². The molecule has 112 valence electrons. The average Bonchev–Trinajstić information content (AvgIpc) is 2.82. The Hall–Kier alpha value is -1.95. The second-order valence-corrected chi connectivity index (χ2v) is 5.81. The lowest BCUT2D eigenvalue weighted by Gasteiger charge is -2.17. The largest absolute Gasteiger partial charge is 0.372 e. The second kappa shape index (κ2) is 5.44. The smallest absolute Gasteiger partial charge is 0.227 e. The van der Waals surface area contributed by atoms with Gasteiger partial charge in [-0.3, -0.25) is 0 Å². The number of hydrogen-bond donors (Lipinski definition) is 3. The first-order valence-electron chi connectivity index (χ1n) is 7.39. The molecule has 6 nitrogen and oxygen atoms in total. The second-order valence-electron chi connectivity index (χ2n) is 5.81. The number of aromatic nitrogens is 3. The number of rotatable bonds is 3. The maximum atomic E-state index is 4.61. The molecule has 0 radical (unpaired) electrons. The molecule has 2 unspecified atom stereocenters. The normalized spacial score (nSPS) is 21.7. The topological polar surface area (TPSA) is 74.8 Å². The van der Waals surface area contributed by atoms with Gasteiger partial charge >= 0.3 is 0 Å². The maximum Gasteiger partial charge on any atom is 0.227 e. The van der Waals surface area contributed by atoms with Gasteiger partial charge in [-0.15, -0.1) is 0 Å². The molecule has 0 bridgehead atoms. The summed E-state index contributed by atoms with van der Waals surface area (Å²) in [6.07, 6.45) is 0. The zero-order valence-electron chi connectivity index (χ0n) is 13.0. The molecule has 0 aliphatic carbocycles. The lowest BCUT2D eigenvalue weighted by molar-refractivity contribution is 0.591. The molecule has 3 N–H and O–H groups in total. The van der Waals surface area contributed by atoms with E-state index in [4.69, 9.17) is 0 Å². The Kier molecular flexibility index (Phi) is 3.63. The number of pyridine rings is 1. The molecule has 0 aromatic carbocycles. The zero-order chi connectivity index (χ0) is 15.0. The van der Waals surface area contributed by atoms with E-state index in [1.807, 2.05) is 14.0 Å². The summed E-state index contributed by atoms with van der Waals surface area (Å²) in [5.41, 5.74) is 2.86. The van der Waals surface area contributed by atoms with Gasteiger partial charge in [0.25, 0.3) is 0 Å². The highest BCUT2D eigenvalue weighted by Crippen LogP contribution is 2.25. The summed E-state index contributed by atoms with van der Waals surface area (Å²) in [6, 6.07) is 2.42. The minimum Gasteiger partial charge on any atom is -0.372 e. The van der Waals surface area contributed by atoms with Crippen LogP contribution in [-0.4, -0.2) is 41.1 Å². The standard InChI is InChI=1S/C15H22N6/c1-8-5-10(3)18-14-12(8)13(16-4)20-15(21-14)19-11-7-17-6-9(11)2/h5,9,11,17H,6-7H2,1-4H3,(H2,16,18,19,20,21). The third kappa shape index (κ3) is 2.63. The third-order valence-electron chi connectivity index (χ3n) is 4.06. The van der Waals surface area contributed by atoms with Gasteiger partial charge in [0.2, 0.25) is 5.95 Å². The Labute approximate surface area is 124 Å². The summed E-state index contributed by atoms with van der Waals surface area (Å²) in [6.45, 7) is 8.25. The Bertz CT molecular complexity index is 669. The summed E-state index contributed by atoms with van der Waals surface area (Å²) in [4.78, 5) is 13.8. The van der Waals surface area contributed by atoms with Crippen molar-refractivity contribution in [2.45, 2.75) is 26.8 Å². The van der Waals surface area contributed by atoms with E-state index in [0.717, 1.165) is 41.2 Å². The van der Waals surface area contributed by atoms with Crippen LogP contribution in [0.3, 0.4) is 0 Å². The van der Waals surface area contributed by atoms with E-state index >= 15 is 0 Å². The van der Waals surface area contributed by atoms with Gasteiger partial charge in [0.15, 0.2) is 5.65 Å². The van der Waals surface area contributed by atoms with E-state index in [9.17, 15) is 0 Å². The van der Waals surface area contributed by atoms with Crippen molar-refractivity contribution in [1.82, 2.24) is 20.3 Å². The Morgan fingerprint density at radius 1 is 1.19 bits per heavy atom. The van der Waals surface area contributed by atoms with Crippen LogP contribution < -0.4 is 16.0 Å². The van der Waals surface area contributed by atoms with E-state index in [2.05, 4.69) is 50.8 Å². The zero-order valence-corrected chi connectivity index (χ0v) is 13.0. The van der Waals surface area contributed by atoms with Crippen LogP contribution in [0.25, 0.3) is 11.0 Å². The van der Waals surface area contributed by atoms with Crippen LogP contribution in [0.4, 0.5) is 11.8 Å². The lowest BCUT2D eigenvalue weighted by atomic mass is 10.1. The lowest BCUT2D eigenvalue weighted by Crippen LogP contribution is -2.28. The number of aryl methyl sites for hydroxylation is 2. The van der Waals surface area contributed by atoms with Crippen LogP contribution in [0, 0.1) is 19.8 Å². The van der Waals surface area contributed by atoms with Crippen LogP contribution in [0.5, 0.6) is 0 Å². The van der Waals surface area contributed by atoms with Crippen molar-refractivity contribution in [2.75, 3.05) is 30.8 Å². The van der Waals surface area contributed by atoms with Crippen molar-refractivity contribution in [2.24, 2.45) is 5.92 Å². The third-order valence-corrected chi connectivity index (χ3v) is 4.06. The number of nitrogens with one attached hydrogen (secondary N) is 3. The SMILES string of the molecule is CNc1nc(NC2CNCC2C)nc2nc(C)cc(C)c12. The molecular weight excluding hydrogens is 264 g/mol. The van der Waals surface area contributed by atoms with E-state index in [1.54, 1.807) is 0 Å². The van der Waals surface area contributed by atoms with Crippen molar-refractivity contribution < 1.29 is 0 Å². The highest BCUT2D eigenvalue weighted by Gasteiger charge is 2.24. The molecule has 1 fully saturated rings. The first-order chi connectivity index (χ1) is 10.1. The Morgan fingerprint density at radius 3 is 2.67 bits per heavy atom. The molecule has 6 heteroatoms. The van der Waals surface area contributed by atoms with Gasteiger partial charge in [-0.05, 0) is 37.9 Å². The van der Waals surface area contributed by atoms with E-state index in [1.165, 1.54) is 0 Å². The first kappa shape index (κ1) is 14.0. The molecule has 0 spiro atoms. The fourth-order valence-corrected chi connectivity index (χ4v) is 2.89. The monoisotopic (exact) mass is 286 g/mol. The molecule has 1 aliphatic heterocycles. The van der Waals surface area contributed by atoms with Gasteiger partial charge in [-0.25, -0.2) is 4.98 Å². The molecule has 1 aliphatic rings. The predicted molar refractivity (Wildman–Crippen MR) is 85.8 cm³/mol. The quantitative estimate of drug-likeness (QED) is 0.797. The van der Waals surface area contributed by atoms with Gasteiger partial charge in [0.1, 0.15) is 5.82 Å². The van der Waals surface area contributed by atoms with E-state index in [0.29, 0.717) is 17.9 Å². The predicted octanol–water partition coefficient (Wildman–Crippen LogP) is 1.70. The van der Waals surface area contributed by atoms with Crippen molar-refractivity contribution in [1.29, 1.82) is 0 Å². The number of nitrogens with zero attached hydrogens (tertiary/aromatic N) is 3. The number of anilines is 2.